The Labute approximate surface area is 173 Å². The van der Waals surface area contributed by atoms with Crippen LogP contribution < -0.4 is 17.0 Å². The molecule has 0 saturated heterocycles. The first-order valence-corrected chi connectivity index (χ1v) is 9.15. The molecule has 6 N–H and O–H groups in total. The molecule has 0 atom stereocenters. The summed E-state index contributed by atoms with van der Waals surface area (Å²) in [5.41, 5.74) is 13.8. The summed E-state index contributed by atoms with van der Waals surface area (Å²) in [6.07, 6.45) is 0.208. The number of nitrogen functional groups attached to an aromatic ring is 2. The third-order valence-corrected chi connectivity index (χ3v) is 5.02. The van der Waals surface area contributed by atoms with Crippen LogP contribution in [0.3, 0.4) is 0 Å². The van der Waals surface area contributed by atoms with Crippen LogP contribution in [0.15, 0.2) is 51.4 Å². The molecular formula is C18H14Cl2N8O. The van der Waals surface area contributed by atoms with Gasteiger partial charge >= 0.3 is 0 Å². The molecule has 0 aliphatic carbocycles. The number of H-pyrrole nitrogens is 2. The van der Waals surface area contributed by atoms with Crippen LogP contribution in [0.1, 0.15) is 11.3 Å². The number of hydrogen-bond acceptors (Lipinski definition) is 7. The summed E-state index contributed by atoms with van der Waals surface area (Å²) in [6.45, 7) is 0. The fraction of sp³-hybridized carbons (Fsp3) is 0.0556. The Morgan fingerprint density at radius 1 is 1.07 bits per heavy atom. The highest BCUT2D eigenvalue weighted by atomic mass is 35.5. The van der Waals surface area contributed by atoms with Crippen molar-refractivity contribution in [1.82, 2.24) is 20.2 Å². The summed E-state index contributed by atoms with van der Waals surface area (Å²) < 4.78 is 0. The van der Waals surface area contributed by atoms with E-state index in [0.717, 1.165) is 5.56 Å². The third-order valence-electron chi connectivity index (χ3n) is 4.23. The lowest BCUT2D eigenvalue weighted by atomic mass is 10.1. The van der Waals surface area contributed by atoms with Crippen molar-refractivity contribution >= 4 is 57.2 Å². The van der Waals surface area contributed by atoms with E-state index in [1.165, 1.54) is 0 Å². The van der Waals surface area contributed by atoms with Gasteiger partial charge in [-0.1, -0.05) is 41.4 Å². The van der Waals surface area contributed by atoms with E-state index in [1.54, 1.807) is 24.3 Å². The van der Waals surface area contributed by atoms with Gasteiger partial charge in [-0.3, -0.25) is 9.89 Å². The van der Waals surface area contributed by atoms with E-state index in [-0.39, 0.29) is 40.0 Å². The van der Waals surface area contributed by atoms with E-state index in [1.807, 2.05) is 12.1 Å². The van der Waals surface area contributed by atoms with Gasteiger partial charge in [0.25, 0.3) is 5.56 Å². The maximum Gasteiger partial charge on any atom is 0.270 e. The highest BCUT2D eigenvalue weighted by Gasteiger charge is 2.13. The van der Waals surface area contributed by atoms with Crippen molar-refractivity contribution in [3.63, 3.8) is 0 Å². The molecule has 2 heterocycles. The normalized spacial score (nSPS) is 11.5. The predicted octanol–water partition coefficient (Wildman–Crippen LogP) is 4.12. The number of hydrogen-bond donors (Lipinski definition) is 4. The Kier molecular flexibility index (Phi) is 4.91. The Bertz CT molecular complexity index is 1290. The van der Waals surface area contributed by atoms with Gasteiger partial charge < -0.3 is 16.5 Å². The van der Waals surface area contributed by atoms with Crippen LogP contribution in [0.5, 0.6) is 0 Å². The van der Waals surface area contributed by atoms with E-state index >= 15 is 0 Å². The zero-order chi connectivity index (χ0) is 20.5. The molecule has 2 aromatic carbocycles. The molecule has 29 heavy (non-hydrogen) atoms. The Morgan fingerprint density at radius 2 is 1.86 bits per heavy atom. The number of halogens is 2. The van der Waals surface area contributed by atoms with Gasteiger partial charge in [0, 0.05) is 6.42 Å². The van der Waals surface area contributed by atoms with Crippen molar-refractivity contribution < 1.29 is 0 Å². The second-order valence-corrected chi connectivity index (χ2v) is 6.93. The van der Waals surface area contributed by atoms with Gasteiger partial charge in [0.05, 0.1) is 21.2 Å². The molecule has 2 aromatic heterocycles. The third kappa shape index (κ3) is 3.65. The number of aromatic nitrogens is 4. The van der Waals surface area contributed by atoms with Gasteiger partial charge in [-0.15, -0.1) is 10.2 Å². The number of fused-ring (bicyclic) bond motifs is 1. The van der Waals surface area contributed by atoms with E-state index in [2.05, 4.69) is 30.4 Å². The molecule has 0 unspecified atom stereocenters. The molecule has 0 fully saturated rings. The molecule has 0 aliphatic rings. The zero-order valence-corrected chi connectivity index (χ0v) is 16.3. The summed E-state index contributed by atoms with van der Waals surface area (Å²) in [5.74, 6) is 0.353. The molecule has 0 radical (unpaired) electrons. The van der Waals surface area contributed by atoms with Crippen LogP contribution in [0.4, 0.5) is 23.0 Å². The van der Waals surface area contributed by atoms with Crippen LogP contribution in [0.25, 0.3) is 11.0 Å². The highest BCUT2D eigenvalue weighted by molar-refractivity contribution is 6.44. The molecule has 0 aliphatic heterocycles. The van der Waals surface area contributed by atoms with E-state index in [4.69, 9.17) is 34.7 Å². The van der Waals surface area contributed by atoms with Crippen LogP contribution in [-0.2, 0) is 6.42 Å². The van der Waals surface area contributed by atoms with E-state index in [9.17, 15) is 4.79 Å². The highest BCUT2D eigenvalue weighted by Crippen LogP contribution is 2.31. The number of benzene rings is 2. The van der Waals surface area contributed by atoms with Gasteiger partial charge in [-0.25, -0.2) is 4.98 Å². The number of nitrogens with one attached hydrogen (secondary N) is 2. The summed E-state index contributed by atoms with van der Waals surface area (Å²) >= 11 is 12.3. The number of aromatic amines is 2. The topological polar surface area (TPSA) is 151 Å². The first kappa shape index (κ1) is 18.9. The minimum atomic E-state index is -0.328. The lowest BCUT2D eigenvalue weighted by molar-refractivity contribution is 1.02. The molecule has 0 bridgehead atoms. The van der Waals surface area contributed by atoms with Crippen molar-refractivity contribution in [1.29, 1.82) is 0 Å². The minimum Gasteiger partial charge on any atom is -0.382 e. The predicted molar refractivity (Wildman–Crippen MR) is 113 cm³/mol. The number of nitrogens with zero attached hydrogens (tertiary/aromatic N) is 4. The first-order chi connectivity index (χ1) is 13.9. The second kappa shape index (κ2) is 7.53. The Hall–Kier alpha value is -3.43. The zero-order valence-electron chi connectivity index (χ0n) is 14.8. The second-order valence-electron chi connectivity index (χ2n) is 6.15. The van der Waals surface area contributed by atoms with Crippen LogP contribution in [0.2, 0.25) is 10.0 Å². The average Bonchev–Trinajstić information content (AvgIpc) is 3.03. The van der Waals surface area contributed by atoms with Crippen molar-refractivity contribution in [3.8, 4) is 0 Å². The largest absolute Gasteiger partial charge is 0.382 e. The molecule has 146 valence electrons. The Morgan fingerprint density at radius 3 is 2.62 bits per heavy atom. The smallest absolute Gasteiger partial charge is 0.270 e. The lowest BCUT2D eigenvalue weighted by Gasteiger charge is -2.07. The van der Waals surface area contributed by atoms with Crippen molar-refractivity contribution in [2.75, 3.05) is 11.5 Å². The van der Waals surface area contributed by atoms with Gasteiger partial charge in [-0.05, 0) is 23.8 Å². The molecule has 0 amide bonds. The molecule has 4 aromatic rings. The van der Waals surface area contributed by atoms with Gasteiger partial charge in [0.15, 0.2) is 11.5 Å². The van der Waals surface area contributed by atoms with Crippen molar-refractivity contribution in [2.24, 2.45) is 10.2 Å². The van der Waals surface area contributed by atoms with Gasteiger partial charge in [0.1, 0.15) is 17.0 Å². The monoisotopic (exact) mass is 428 g/mol. The molecular weight excluding hydrogens is 415 g/mol. The summed E-state index contributed by atoms with van der Waals surface area (Å²) in [6, 6.07) is 10.5. The quantitative estimate of drug-likeness (QED) is 0.360. The van der Waals surface area contributed by atoms with E-state index in [0.29, 0.717) is 21.7 Å². The summed E-state index contributed by atoms with van der Waals surface area (Å²) in [7, 11) is 0. The van der Waals surface area contributed by atoms with Gasteiger partial charge in [0.2, 0.25) is 0 Å². The lowest BCUT2D eigenvalue weighted by Crippen LogP contribution is -2.15. The number of rotatable bonds is 4. The molecule has 9 nitrogen and oxygen atoms in total. The van der Waals surface area contributed by atoms with Crippen LogP contribution in [-0.4, -0.2) is 20.2 Å². The Balaban J connectivity index is 1.73. The van der Waals surface area contributed by atoms with E-state index < -0.39 is 0 Å². The standard InChI is InChI=1S/C18H14Cl2N8O/c19-9-5-6-11-14(13(9)20)23-12(18(29)24-11)7-8-3-1-2-4-10(8)25-26-15-16(21)27-28-17(15)22/h1-6H,7H2,(H,24,29)(H5,21,22,27,28)/b26-25+. The maximum atomic E-state index is 12.5. The molecule has 11 heteroatoms. The number of nitrogens with two attached hydrogens (primary N) is 2. The van der Waals surface area contributed by atoms with Crippen LogP contribution >= 0.6 is 23.2 Å². The SMILES string of the molecule is Nc1n[nH]c(N)c1/N=N/c1ccccc1Cc1nc2c(Cl)c(Cl)ccc2[nH]c1=O. The fourth-order valence-electron chi connectivity index (χ4n) is 2.76. The maximum absolute atomic E-state index is 12.5. The summed E-state index contributed by atoms with van der Waals surface area (Å²) in [4.78, 5) is 19.7. The van der Waals surface area contributed by atoms with Crippen LogP contribution in [0, 0.1) is 0 Å². The number of azo groups is 1. The number of anilines is 2. The van der Waals surface area contributed by atoms with Gasteiger partial charge in [-0.2, -0.15) is 5.10 Å². The van der Waals surface area contributed by atoms with Crippen molar-refractivity contribution in [2.45, 2.75) is 6.42 Å². The fourth-order valence-corrected chi connectivity index (χ4v) is 3.12. The molecule has 0 saturated carbocycles. The molecule has 4 rings (SSSR count). The van der Waals surface area contributed by atoms with Crippen molar-refractivity contribution in [3.05, 3.63) is 68.1 Å². The summed E-state index contributed by atoms with van der Waals surface area (Å²) in [5, 5.41) is 15.2. The molecule has 0 spiro atoms. The minimum absolute atomic E-state index is 0.142. The average molecular weight is 429 g/mol. The first-order valence-electron chi connectivity index (χ1n) is 8.40.